The van der Waals surface area contributed by atoms with E-state index in [0.717, 1.165) is 6.42 Å². The maximum absolute atomic E-state index is 5.65. The lowest BCUT2D eigenvalue weighted by Gasteiger charge is -2.12. The molecule has 0 saturated heterocycles. The molecule has 6 heteroatoms. The van der Waals surface area contributed by atoms with Crippen LogP contribution in [0.15, 0.2) is 17.5 Å². The third-order valence-corrected chi connectivity index (χ3v) is 3.05. The second kappa shape index (κ2) is 3.75. The van der Waals surface area contributed by atoms with Crippen molar-refractivity contribution in [2.45, 2.75) is 19.4 Å². The summed E-state index contributed by atoms with van der Waals surface area (Å²) in [7, 11) is 0. The summed E-state index contributed by atoms with van der Waals surface area (Å²) in [4.78, 5) is 1.23. The molecule has 2 rings (SSSR count). The van der Waals surface area contributed by atoms with Gasteiger partial charge in [-0.15, -0.1) is 11.3 Å². The average Bonchev–Trinajstić information content (AvgIpc) is 2.80. The minimum Gasteiger partial charge on any atom is -0.367 e. The van der Waals surface area contributed by atoms with Crippen LogP contribution in [0, 0.1) is 0 Å². The smallest absolute Gasteiger partial charge is 0.240 e. The van der Waals surface area contributed by atoms with Gasteiger partial charge in [-0.3, -0.25) is 0 Å². The number of anilines is 1. The molecule has 5 nitrogen and oxygen atoms in total. The van der Waals surface area contributed by atoms with E-state index >= 15 is 0 Å². The van der Waals surface area contributed by atoms with Gasteiger partial charge in [0.1, 0.15) is 0 Å². The summed E-state index contributed by atoms with van der Waals surface area (Å²) in [6, 6.07) is 4.24. The van der Waals surface area contributed by atoms with Crippen LogP contribution in [0.5, 0.6) is 0 Å². The molecule has 0 aromatic carbocycles. The highest BCUT2D eigenvalue weighted by molar-refractivity contribution is 7.10. The van der Waals surface area contributed by atoms with Gasteiger partial charge in [0.25, 0.3) is 0 Å². The number of hydrogen-bond donors (Lipinski definition) is 1. The van der Waals surface area contributed by atoms with Crippen LogP contribution in [0.25, 0.3) is 0 Å². The van der Waals surface area contributed by atoms with Crippen LogP contribution in [0.3, 0.4) is 0 Å². The number of nitrogens with zero attached hydrogens (tertiary/aromatic N) is 4. The van der Waals surface area contributed by atoms with E-state index in [1.807, 2.05) is 11.4 Å². The third kappa shape index (κ3) is 1.48. The Labute approximate surface area is 85.5 Å². The maximum atomic E-state index is 5.65. The molecular formula is C8H11N5S. The molecule has 0 aliphatic rings. The highest BCUT2D eigenvalue weighted by atomic mass is 32.1. The van der Waals surface area contributed by atoms with Crippen molar-refractivity contribution < 1.29 is 0 Å². The van der Waals surface area contributed by atoms with Crippen molar-refractivity contribution in [3.8, 4) is 0 Å². The first-order chi connectivity index (χ1) is 6.83. The predicted molar refractivity (Wildman–Crippen MR) is 55.0 cm³/mol. The minimum absolute atomic E-state index is 0.157. The van der Waals surface area contributed by atoms with E-state index in [1.54, 1.807) is 16.0 Å². The lowest BCUT2D eigenvalue weighted by Crippen LogP contribution is -2.13. The monoisotopic (exact) mass is 209 g/mol. The Hall–Kier alpha value is -1.43. The Kier molecular flexibility index (Phi) is 2.45. The molecule has 0 radical (unpaired) electrons. The molecule has 0 aliphatic carbocycles. The minimum atomic E-state index is 0.157. The Balaban J connectivity index is 2.36. The Morgan fingerprint density at radius 2 is 2.50 bits per heavy atom. The van der Waals surface area contributed by atoms with Crippen LogP contribution in [-0.2, 0) is 0 Å². The molecule has 0 saturated carbocycles. The fourth-order valence-corrected chi connectivity index (χ4v) is 2.29. The number of rotatable bonds is 3. The highest BCUT2D eigenvalue weighted by Gasteiger charge is 2.16. The number of nitrogen functional groups attached to an aromatic ring is 1. The van der Waals surface area contributed by atoms with Crippen molar-refractivity contribution in [3.63, 3.8) is 0 Å². The molecule has 2 aromatic rings. The standard InChI is InChI=1S/C8H11N5S/c1-2-6(7-4-3-5-14-7)13-8(9)10-11-12-13/h3-6H,2H2,1H3,(H2,9,10,12). The van der Waals surface area contributed by atoms with Crippen molar-refractivity contribution in [3.05, 3.63) is 22.4 Å². The van der Waals surface area contributed by atoms with E-state index in [2.05, 4.69) is 28.5 Å². The van der Waals surface area contributed by atoms with Gasteiger partial charge in [0.2, 0.25) is 5.95 Å². The molecule has 0 amide bonds. The lowest BCUT2D eigenvalue weighted by molar-refractivity contribution is 0.507. The molecule has 74 valence electrons. The number of hydrogen-bond acceptors (Lipinski definition) is 5. The first-order valence-electron chi connectivity index (χ1n) is 4.39. The normalized spacial score (nSPS) is 12.9. The number of tetrazole rings is 1. The van der Waals surface area contributed by atoms with Gasteiger partial charge in [0.15, 0.2) is 0 Å². The van der Waals surface area contributed by atoms with Crippen molar-refractivity contribution in [1.82, 2.24) is 20.2 Å². The number of nitrogens with two attached hydrogens (primary N) is 1. The first-order valence-corrected chi connectivity index (χ1v) is 5.27. The largest absolute Gasteiger partial charge is 0.367 e. The number of aromatic nitrogens is 4. The average molecular weight is 209 g/mol. The molecule has 2 N–H and O–H groups in total. The molecule has 0 spiro atoms. The Morgan fingerprint density at radius 1 is 1.64 bits per heavy atom. The second-order valence-electron chi connectivity index (χ2n) is 2.92. The van der Waals surface area contributed by atoms with E-state index in [-0.39, 0.29) is 6.04 Å². The molecule has 1 atom stereocenters. The predicted octanol–water partition coefficient (Wildman–Crippen LogP) is 1.32. The van der Waals surface area contributed by atoms with E-state index in [0.29, 0.717) is 5.95 Å². The van der Waals surface area contributed by atoms with Gasteiger partial charge in [-0.2, -0.15) is 0 Å². The molecule has 0 bridgehead atoms. The van der Waals surface area contributed by atoms with Gasteiger partial charge in [-0.05, 0) is 28.3 Å². The summed E-state index contributed by atoms with van der Waals surface area (Å²) in [6.45, 7) is 2.09. The van der Waals surface area contributed by atoms with Crippen LogP contribution in [0.1, 0.15) is 24.3 Å². The zero-order valence-corrected chi connectivity index (χ0v) is 8.61. The van der Waals surface area contributed by atoms with Crippen LogP contribution in [0.4, 0.5) is 5.95 Å². The summed E-state index contributed by atoms with van der Waals surface area (Å²) in [6.07, 6.45) is 0.926. The van der Waals surface area contributed by atoms with Gasteiger partial charge in [0, 0.05) is 4.88 Å². The molecule has 14 heavy (non-hydrogen) atoms. The fourth-order valence-electron chi connectivity index (χ4n) is 1.40. The van der Waals surface area contributed by atoms with E-state index < -0.39 is 0 Å². The zero-order valence-electron chi connectivity index (χ0n) is 7.79. The maximum Gasteiger partial charge on any atom is 0.240 e. The molecule has 0 fully saturated rings. The Bertz CT molecular complexity index is 394. The molecule has 2 heterocycles. The summed E-state index contributed by atoms with van der Waals surface area (Å²) in [5, 5.41) is 13.1. The van der Waals surface area contributed by atoms with Gasteiger partial charge < -0.3 is 5.73 Å². The highest BCUT2D eigenvalue weighted by Crippen LogP contribution is 2.26. The number of thiophene rings is 1. The summed E-state index contributed by atoms with van der Waals surface area (Å²) in [5.41, 5.74) is 5.65. The van der Waals surface area contributed by atoms with Gasteiger partial charge in [-0.25, -0.2) is 4.68 Å². The van der Waals surface area contributed by atoms with Gasteiger partial charge >= 0.3 is 0 Å². The fraction of sp³-hybridized carbons (Fsp3) is 0.375. The zero-order chi connectivity index (χ0) is 9.97. The van der Waals surface area contributed by atoms with Crippen molar-refractivity contribution in [2.24, 2.45) is 0 Å². The van der Waals surface area contributed by atoms with E-state index in [9.17, 15) is 0 Å². The van der Waals surface area contributed by atoms with Gasteiger partial charge in [0.05, 0.1) is 6.04 Å². The van der Waals surface area contributed by atoms with Crippen LogP contribution in [0.2, 0.25) is 0 Å². The molecule has 1 unspecified atom stereocenters. The third-order valence-electron chi connectivity index (χ3n) is 2.07. The van der Waals surface area contributed by atoms with E-state index in [4.69, 9.17) is 5.73 Å². The lowest BCUT2D eigenvalue weighted by atomic mass is 10.2. The van der Waals surface area contributed by atoms with Crippen molar-refractivity contribution in [2.75, 3.05) is 5.73 Å². The topological polar surface area (TPSA) is 69.6 Å². The van der Waals surface area contributed by atoms with E-state index in [1.165, 1.54) is 4.88 Å². The van der Waals surface area contributed by atoms with Crippen LogP contribution < -0.4 is 5.73 Å². The first kappa shape index (κ1) is 9.14. The van der Waals surface area contributed by atoms with Gasteiger partial charge in [-0.1, -0.05) is 18.1 Å². The summed E-state index contributed by atoms with van der Waals surface area (Å²) in [5.74, 6) is 0.366. The SMILES string of the molecule is CCC(c1cccs1)n1nnnc1N. The molecular weight excluding hydrogens is 198 g/mol. The summed E-state index contributed by atoms with van der Waals surface area (Å²) >= 11 is 1.69. The summed E-state index contributed by atoms with van der Waals surface area (Å²) < 4.78 is 1.66. The van der Waals surface area contributed by atoms with Crippen LogP contribution in [-0.4, -0.2) is 20.2 Å². The second-order valence-corrected chi connectivity index (χ2v) is 3.90. The van der Waals surface area contributed by atoms with Crippen LogP contribution >= 0.6 is 11.3 Å². The molecule has 2 aromatic heterocycles. The Morgan fingerprint density at radius 3 is 3.00 bits per heavy atom. The van der Waals surface area contributed by atoms with Crippen molar-refractivity contribution >= 4 is 17.3 Å². The molecule has 0 aliphatic heterocycles. The van der Waals surface area contributed by atoms with Crippen molar-refractivity contribution in [1.29, 1.82) is 0 Å². The quantitative estimate of drug-likeness (QED) is 0.827.